The van der Waals surface area contributed by atoms with E-state index in [9.17, 15) is 5.11 Å². The van der Waals surface area contributed by atoms with Crippen LogP contribution in [-0.4, -0.2) is 41.9 Å². The fraction of sp³-hybridized carbons (Fsp3) is 0.318. The van der Waals surface area contributed by atoms with Crippen molar-refractivity contribution in [2.24, 2.45) is 0 Å². The standard InChI is InChI=1S/C22H26N2O3/c1-16(25)13-24(14-17-8-11-21(26-2)22(12-17)27-3)15-19-10-9-18-6-4-5-7-20(18)23-19/h4-12,16,25H,13-15H2,1-3H3/t16-/m0/s1. The molecule has 0 aliphatic rings. The van der Waals surface area contributed by atoms with Gasteiger partial charge in [-0.05, 0) is 36.8 Å². The molecule has 1 N–H and O–H groups in total. The molecular formula is C22H26N2O3. The van der Waals surface area contributed by atoms with E-state index in [-0.39, 0.29) is 0 Å². The van der Waals surface area contributed by atoms with Crippen molar-refractivity contribution < 1.29 is 14.6 Å². The summed E-state index contributed by atoms with van der Waals surface area (Å²) in [5.41, 5.74) is 3.06. The molecule has 5 heteroatoms. The van der Waals surface area contributed by atoms with Crippen molar-refractivity contribution in [2.75, 3.05) is 20.8 Å². The van der Waals surface area contributed by atoms with Gasteiger partial charge in [0, 0.05) is 25.0 Å². The number of aliphatic hydroxyl groups excluding tert-OH is 1. The molecule has 27 heavy (non-hydrogen) atoms. The normalized spacial score (nSPS) is 12.3. The van der Waals surface area contributed by atoms with Crippen LogP contribution < -0.4 is 9.47 Å². The van der Waals surface area contributed by atoms with E-state index in [0.717, 1.165) is 22.2 Å². The highest BCUT2D eigenvalue weighted by molar-refractivity contribution is 5.78. The van der Waals surface area contributed by atoms with Gasteiger partial charge < -0.3 is 14.6 Å². The molecule has 5 nitrogen and oxygen atoms in total. The second kappa shape index (κ2) is 8.84. The van der Waals surface area contributed by atoms with Crippen LogP contribution in [-0.2, 0) is 13.1 Å². The number of para-hydroxylation sites is 1. The molecule has 1 heterocycles. The van der Waals surface area contributed by atoms with Gasteiger partial charge in [0.2, 0.25) is 0 Å². The number of aliphatic hydroxyl groups is 1. The van der Waals surface area contributed by atoms with Gasteiger partial charge >= 0.3 is 0 Å². The van der Waals surface area contributed by atoms with Crippen molar-refractivity contribution in [2.45, 2.75) is 26.1 Å². The summed E-state index contributed by atoms with van der Waals surface area (Å²) in [5.74, 6) is 1.41. The summed E-state index contributed by atoms with van der Waals surface area (Å²) >= 11 is 0. The maximum absolute atomic E-state index is 9.93. The van der Waals surface area contributed by atoms with Gasteiger partial charge in [0.25, 0.3) is 0 Å². The summed E-state index contributed by atoms with van der Waals surface area (Å²) in [6, 6.07) is 18.1. The van der Waals surface area contributed by atoms with Crippen molar-refractivity contribution in [1.29, 1.82) is 0 Å². The minimum Gasteiger partial charge on any atom is -0.493 e. The number of hydrogen-bond acceptors (Lipinski definition) is 5. The van der Waals surface area contributed by atoms with E-state index in [4.69, 9.17) is 14.5 Å². The van der Waals surface area contributed by atoms with Crippen molar-refractivity contribution in [3.05, 3.63) is 65.9 Å². The van der Waals surface area contributed by atoms with Crippen LogP contribution in [0.25, 0.3) is 10.9 Å². The predicted octanol–water partition coefficient (Wildman–Crippen LogP) is 3.64. The quantitative estimate of drug-likeness (QED) is 0.660. The van der Waals surface area contributed by atoms with Crippen molar-refractivity contribution in [3.8, 4) is 11.5 Å². The van der Waals surface area contributed by atoms with Crippen LogP contribution in [0.4, 0.5) is 0 Å². The first-order valence-corrected chi connectivity index (χ1v) is 9.05. The number of pyridine rings is 1. The van der Waals surface area contributed by atoms with Crippen molar-refractivity contribution in [3.63, 3.8) is 0 Å². The fourth-order valence-corrected chi connectivity index (χ4v) is 3.22. The molecule has 0 unspecified atom stereocenters. The van der Waals surface area contributed by atoms with Crippen LogP contribution in [0.1, 0.15) is 18.2 Å². The van der Waals surface area contributed by atoms with Crippen LogP contribution >= 0.6 is 0 Å². The molecule has 0 amide bonds. The van der Waals surface area contributed by atoms with Gasteiger partial charge in [-0.25, -0.2) is 0 Å². The Bertz CT molecular complexity index is 896. The second-order valence-corrected chi connectivity index (χ2v) is 6.70. The molecule has 3 aromatic rings. The van der Waals surface area contributed by atoms with Crippen LogP contribution in [0.5, 0.6) is 11.5 Å². The molecule has 142 valence electrons. The number of nitrogens with zero attached hydrogens (tertiary/aromatic N) is 2. The van der Waals surface area contributed by atoms with E-state index < -0.39 is 6.10 Å². The highest BCUT2D eigenvalue weighted by Crippen LogP contribution is 2.28. The van der Waals surface area contributed by atoms with Gasteiger partial charge in [-0.3, -0.25) is 9.88 Å². The summed E-state index contributed by atoms with van der Waals surface area (Å²) < 4.78 is 10.7. The van der Waals surface area contributed by atoms with E-state index >= 15 is 0 Å². The first-order valence-electron chi connectivity index (χ1n) is 9.05. The Kier molecular flexibility index (Phi) is 6.27. The molecule has 0 spiro atoms. The molecule has 0 aliphatic carbocycles. The van der Waals surface area contributed by atoms with Gasteiger partial charge in [-0.1, -0.05) is 30.3 Å². The smallest absolute Gasteiger partial charge is 0.161 e. The lowest BCUT2D eigenvalue weighted by Gasteiger charge is -2.24. The Morgan fingerprint density at radius 3 is 2.48 bits per heavy atom. The number of rotatable bonds is 8. The first kappa shape index (κ1) is 19.1. The first-order chi connectivity index (χ1) is 13.1. The number of benzene rings is 2. The van der Waals surface area contributed by atoms with Gasteiger partial charge in [-0.2, -0.15) is 0 Å². The van der Waals surface area contributed by atoms with Gasteiger partial charge in [0.15, 0.2) is 11.5 Å². The highest BCUT2D eigenvalue weighted by atomic mass is 16.5. The molecular weight excluding hydrogens is 340 g/mol. The number of fused-ring (bicyclic) bond motifs is 1. The molecule has 2 aromatic carbocycles. The van der Waals surface area contributed by atoms with E-state index in [1.165, 1.54) is 0 Å². The molecule has 3 rings (SSSR count). The van der Waals surface area contributed by atoms with E-state index in [0.29, 0.717) is 31.1 Å². The lowest BCUT2D eigenvalue weighted by molar-refractivity contribution is 0.117. The van der Waals surface area contributed by atoms with E-state index in [1.807, 2.05) is 42.5 Å². The zero-order valence-electron chi connectivity index (χ0n) is 16.1. The summed E-state index contributed by atoms with van der Waals surface area (Å²) in [7, 11) is 3.26. The molecule has 0 saturated carbocycles. The van der Waals surface area contributed by atoms with Gasteiger partial charge in [0.05, 0.1) is 31.5 Å². The summed E-state index contributed by atoms with van der Waals surface area (Å²) in [6.45, 7) is 3.70. The van der Waals surface area contributed by atoms with E-state index in [2.05, 4.69) is 17.0 Å². The third-order valence-corrected chi connectivity index (χ3v) is 4.42. The molecule has 0 aliphatic heterocycles. The topological polar surface area (TPSA) is 54.8 Å². The third-order valence-electron chi connectivity index (χ3n) is 4.42. The molecule has 0 saturated heterocycles. The maximum Gasteiger partial charge on any atom is 0.161 e. The molecule has 0 fully saturated rings. The zero-order valence-corrected chi connectivity index (χ0v) is 16.1. The average Bonchev–Trinajstić information content (AvgIpc) is 2.67. The lowest BCUT2D eigenvalue weighted by Crippen LogP contribution is -2.30. The number of aromatic nitrogens is 1. The molecule has 0 radical (unpaired) electrons. The highest BCUT2D eigenvalue weighted by Gasteiger charge is 2.13. The zero-order chi connectivity index (χ0) is 19.2. The van der Waals surface area contributed by atoms with Crippen LogP contribution in [0.3, 0.4) is 0 Å². The third kappa shape index (κ3) is 4.96. The average molecular weight is 366 g/mol. The predicted molar refractivity (Wildman–Crippen MR) is 107 cm³/mol. The lowest BCUT2D eigenvalue weighted by atomic mass is 10.1. The summed E-state index contributed by atoms with van der Waals surface area (Å²) in [5, 5.41) is 11.1. The minimum absolute atomic E-state index is 0.425. The molecule has 0 bridgehead atoms. The Morgan fingerprint density at radius 1 is 0.963 bits per heavy atom. The van der Waals surface area contributed by atoms with Gasteiger partial charge in [-0.15, -0.1) is 0 Å². The Labute approximate surface area is 160 Å². The number of methoxy groups -OCH3 is 2. The SMILES string of the molecule is COc1ccc(CN(Cc2ccc3ccccc3n2)C[C@H](C)O)cc1OC. The van der Waals surface area contributed by atoms with Gasteiger partial charge in [0.1, 0.15) is 0 Å². The molecule has 1 atom stereocenters. The Balaban J connectivity index is 1.80. The van der Waals surface area contributed by atoms with Crippen molar-refractivity contribution >= 4 is 10.9 Å². The number of hydrogen-bond donors (Lipinski definition) is 1. The summed E-state index contributed by atoms with van der Waals surface area (Å²) in [4.78, 5) is 6.94. The maximum atomic E-state index is 9.93. The Morgan fingerprint density at radius 2 is 1.74 bits per heavy atom. The Hall–Kier alpha value is -2.63. The van der Waals surface area contributed by atoms with Crippen LogP contribution in [0.15, 0.2) is 54.6 Å². The van der Waals surface area contributed by atoms with Crippen LogP contribution in [0.2, 0.25) is 0 Å². The number of ether oxygens (including phenoxy) is 2. The van der Waals surface area contributed by atoms with E-state index in [1.54, 1.807) is 21.1 Å². The van der Waals surface area contributed by atoms with Crippen LogP contribution in [0, 0.1) is 0 Å². The second-order valence-electron chi connectivity index (χ2n) is 6.70. The monoisotopic (exact) mass is 366 g/mol. The minimum atomic E-state index is -0.425. The van der Waals surface area contributed by atoms with Crippen molar-refractivity contribution in [1.82, 2.24) is 9.88 Å². The largest absolute Gasteiger partial charge is 0.493 e. The fourth-order valence-electron chi connectivity index (χ4n) is 3.22. The summed E-state index contributed by atoms with van der Waals surface area (Å²) in [6.07, 6.45) is -0.425. The molecule has 1 aromatic heterocycles.